The Morgan fingerprint density at radius 2 is 2.25 bits per heavy atom. The van der Waals surface area contributed by atoms with Crippen LogP contribution in [0.15, 0.2) is 24.2 Å². The Bertz CT molecular complexity index is 366. The van der Waals surface area contributed by atoms with Gasteiger partial charge in [0.2, 0.25) is 0 Å². The van der Waals surface area contributed by atoms with Crippen molar-refractivity contribution in [3.8, 4) is 0 Å². The van der Waals surface area contributed by atoms with Crippen LogP contribution < -0.4 is 0 Å². The maximum absolute atomic E-state index is 4.09. The smallest absolute Gasteiger partial charge is 0.0921 e. The van der Waals surface area contributed by atoms with Crippen LogP contribution in [0.25, 0.3) is 0 Å². The van der Waals surface area contributed by atoms with Crippen molar-refractivity contribution in [1.29, 1.82) is 0 Å². The van der Waals surface area contributed by atoms with Gasteiger partial charge in [0.1, 0.15) is 0 Å². The quantitative estimate of drug-likeness (QED) is 0.769. The summed E-state index contributed by atoms with van der Waals surface area (Å²) in [5.41, 5.74) is 3.05. The molecule has 2 heteroatoms. The first kappa shape index (κ1) is 10.1. The SMILES string of the molecule is C1=C(C2CCC2)CCCC1Cc1cnc[nH]1.[HH]. The third-order valence-corrected chi connectivity index (χ3v) is 4.16. The predicted molar refractivity (Wildman–Crippen MR) is 67.2 cm³/mol. The van der Waals surface area contributed by atoms with Crippen molar-refractivity contribution in [2.24, 2.45) is 11.8 Å². The van der Waals surface area contributed by atoms with Crippen molar-refractivity contribution < 1.29 is 1.43 Å². The highest BCUT2D eigenvalue weighted by Gasteiger charge is 2.25. The number of hydrogen-bond donors (Lipinski definition) is 1. The minimum atomic E-state index is 0. The van der Waals surface area contributed by atoms with Crippen molar-refractivity contribution in [3.05, 3.63) is 29.9 Å². The van der Waals surface area contributed by atoms with Gasteiger partial charge in [-0.3, -0.25) is 0 Å². The molecule has 0 radical (unpaired) electrons. The highest BCUT2D eigenvalue weighted by molar-refractivity contribution is 5.15. The Labute approximate surface area is 98.7 Å². The van der Waals surface area contributed by atoms with E-state index < -0.39 is 0 Å². The van der Waals surface area contributed by atoms with Crippen LogP contribution in [0.5, 0.6) is 0 Å². The van der Waals surface area contributed by atoms with E-state index >= 15 is 0 Å². The van der Waals surface area contributed by atoms with E-state index in [1.54, 1.807) is 11.9 Å². The molecular formula is C14H22N2. The normalized spacial score (nSPS) is 26.2. The van der Waals surface area contributed by atoms with Gasteiger partial charge in [0, 0.05) is 13.3 Å². The number of nitrogens with one attached hydrogen (secondary N) is 1. The molecule has 0 bridgehead atoms. The molecule has 0 aliphatic heterocycles. The fraction of sp³-hybridized carbons (Fsp3) is 0.643. The van der Waals surface area contributed by atoms with Crippen molar-refractivity contribution in [2.75, 3.05) is 0 Å². The van der Waals surface area contributed by atoms with Crippen LogP contribution in [0, 0.1) is 11.8 Å². The van der Waals surface area contributed by atoms with Crippen LogP contribution in [0.2, 0.25) is 0 Å². The molecule has 1 N–H and O–H groups in total. The van der Waals surface area contributed by atoms with E-state index in [4.69, 9.17) is 0 Å². The topological polar surface area (TPSA) is 28.7 Å². The van der Waals surface area contributed by atoms with Gasteiger partial charge in [-0.2, -0.15) is 0 Å². The molecule has 3 rings (SSSR count). The Kier molecular flexibility index (Phi) is 2.81. The Balaban J connectivity index is 0.00000108. The minimum absolute atomic E-state index is 0. The molecule has 1 aromatic heterocycles. The van der Waals surface area contributed by atoms with Gasteiger partial charge in [-0.1, -0.05) is 18.1 Å². The van der Waals surface area contributed by atoms with E-state index in [0.717, 1.165) is 18.3 Å². The monoisotopic (exact) mass is 218 g/mol. The predicted octanol–water partition coefficient (Wildman–Crippen LogP) is 3.72. The second kappa shape index (κ2) is 4.44. The number of nitrogens with zero attached hydrogens (tertiary/aromatic N) is 1. The van der Waals surface area contributed by atoms with E-state index in [2.05, 4.69) is 16.0 Å². The molecule has 0 saturated heterocycles. The fourth-order valence-electron chi connectivity index (χ4n) is 3.00. The van der Waals surface area contributed by atoms with Crippen LogP contribution in [0.1, 0.15) is 45.6 Å². The average molecular weight is 218 g/mol. The van der Waals surface area contributed by atoms with Gasteiger partial charge in [-0.05, 0) is 50.4 Å². The summed E-state index contributed by atoms with van der Waals surface area (Å²) in [6.45, 7) is 0. The first-order valence-electron chi connectivity index (χ1n) is 6.59. The van der Waals surface area contributed by atoms with Crippen LogP contribution in [0.4, 0.5) is 0 Å². The highest BCUT2D eigenvalue weighted by atomic mass is 14.9. The van der Waals surface area contributed by atoms with Crippen LogP contribution in [0.3, 0.4) is 0 Å². The van der Waals surface area contributed by atoms with Crippen LogP contribution in [-0.4, -0.2) is 9.97 Å². The molecule has 1 heterocycles. The minimum Gasteiger partial charge on any atom is -0.348 e. The number of hydrogen-bond acceptors (Lipinski definition) is 1. The molecule has 2 aliphatic carbocycles. The van der Waals surface area contributed by atoms with Crippen molar-refractivity contribution in [3.63, 3.8) is 0 Å². The van der Waals surface area contributed by atoms with E-state index in [9.17, 15) is 0 Å². The lowest BCUT2D eigenvalue weighted by Gasteiger charge is -2.32. The second-order valence-electron chi connectivity index (χ2n) is 5.30. The lowest BCUT2D eigenvalue weighted by Crippen LogP contribution is -2.18. The molecule has 1 aromatic rings. The molecule has 0 amide bonds. The number of allylic oxidation sites excluding steroid dienone is 2. The molecule has 1 unspecified atom stereocenters. The Morgan fingerprint density at radius 3 is 2.94 bits per heavy atom. The van der Waals surface area contributed by atoms with E-state index in [1.165, 1.54) is 44.2 Å². The largest absolute Gasteiger partial charge is 0.348 e. The molecule has 1 fully saturated rings. The summed E-state index contributed by atoms with van der Waals surface area (Å²) in [5, 5.41) is 0. The van der Waals surface area contributed by atoms with Gasteiger partial charge in [-0.25, -0.2) is 4.98 Å². The zero-order valence-corrected chi connectivity index (χ0v) is 9.78. The Hall–Kier alpha value is -1.05. The maximum atomic E-state index is 4.09. The molecule has 88 valence electrons. The maximum Gasteiger partial charge on any atom is 0.0921 e. The fourth-order valence-corrected chi connectivity index (χ4v) is 3.00. The lowest BCUT2D eigenvalue weighted by atomic mass is 9.74. The Morgan fingerprint density at radius 1 is 1.31 bits per heavy atom. The van der Waals surface area contributed by atoms with Crippen molar-refractivity contribution >= 4 is 0 Å². The van der Waals surface area contributed by atoms with Crippen LogP contribution >= 0.6 is 0 Å². The zero-order chi connectivity index (χ0) is 10.8. The molecule has 1 saturated carbocycles. The van der Waals surface area contributed by atoms with E-state index in [1.807, 2.05) is 6.20 Å². The van der Waals surface area contributed by atoms with Crippen molar-refractivity contribution in [1.82, 2.24) is 9.97 Å². The van der Waals surface area contributed by atoms with E-state index in [-0.39, 0.29) is 1.43 Å². The molecular weight excluding hydrogens is 196 g/mol. The van der Waals surface area contributed by atoms with Gasteiger partial charge in [-0.15, -0.1) is 0 Å². The van der Waals surface area contributed by atoms with E-state index in [0.29, 0.717) is 0 Å². The average Bonchev–Trinajstić information content (AvgIpc) is 2.68. The first-order chi connectivity index (χ1) is 7.92. The molecule has 2 aliphatic rings. The summed E-state index contributed by atoms with van der Waals surface area (Å²) in [6, 6.07) is 0. The molecule has 1 atom stereocenters. The lowest BCUT2D eigenvalue weighted by molar-refractivity contribution is 0.342. The third-order valence-electron chi connectivity index (χ3n) is 4.16. The summed E-state index contributed by atoms with van der Waals surface area (Å²) in [6.07, 6.45) is 15.9. The van der Waals surface area contributed by atoms with Crippen LogP contribution in [-0.2, 0) is 6.42 Å². The summed E-state index contributed by atoms with van der Waals surface area (Å²) < 4.78 is 0. The first-order valence-corrected chi connectivity index (χ1v) is 6.59. The third kappa shape index (κ3) is 2.06. The van der Waals surface area contributed by atoms with Crippen molar-refractivity contribution in [2.45, 2.75) is 44.9 Å². The number of aromatic amines is 1. The second-order valence-corrected chi connectivity index (χ2v) is 5.30. The number of H-pyrrole nitrogens is 1. The van der Waals surface area contributed by atoms with Gasteiger partial charge in [0.15, 0.2) is 0 Å². The standard InChI is InChI=1S/C14H20N2.H2/c1-3-11(8-14-9-15-10-16-14)7-13(6-1)12-4-2-5-12;/h7,9-12H,1-6,8H2,(H,15,16);1H. The molecule has 16 heavy (non-hydrogen) atoms. The summed E-state index contributed by atoms with van der Waals surface area (Å²) in [5.74, 6) is 1.70. The summed E-state index contributed by atoms with van der Waals surface area (Å²) in [7, 11) is 0. The highest BCUT2D eigenvalue weighted by Crippen LogP contribution is 2.39. The zero-order valence-electron chi connectivity index (χ0n) is 9.78. The van der Waals surface area contributed by atoms with Gasteiger partial charge in [0.05, 0.1) is 6.33 Å². The number of rotatable bonds is 3. The summed E-state index contributed by atoms with van der Waals surface area (Å²) >= 11 is 0. The van der Waals surface area contributed by atoms with Gasteiger partial charge >= 0.3 is 0 Å². The number of imidazole rings is 1. The van der Waals surface area contributed by atoms with Gasteiger partial charge < -0.3 is 4.98 Å². The molecule has 0 spiro atoms. The molecule has 2 nitrogen and oxygen atoms in total. The molecule has 0 aromatic carbocycles. The van der Waals surface area contributed by atoms with Gasteiger partial charge in [0.25, 0.3) is 0 Å². The summed E-state index contributed by atoms with van der Waals surface area (Å²) in [4.78, 5) is 7.31. The number of aromatic nitrogens is 2.